The lowest BCUT2D eigenvalue weighted by Crippen LogP contribution is -3.15. The minimum absolute atomic E-state index is 0.00568. The lowest BCUT2D eigenvalue weighted by molar-refractivity contribution is -0.895. The number of nitrogens with one attached hydrogen (secondary N) is 2. The van der Waals surface area contributed by atoms with Crippen LogP contribution in [0.25, 0.3) is 10.9 Å². The van der Waals surface area contributed by atoms with Gasteiger partial charge in [-0.25, -0.2) is 0 Å². The molecule has 2 amide bonds. The number of pyridine rings is 1. The van der Waals surface area contributed by atoms with E-state index in [1.807, 2.05) is 47.4 Å². The van der Waals surface area contributed by atoms with E-state index in [1.54, 1.807) is 18.3 Å². The predicted molar refractivity (Wildman–Crippen MR) is 113 cm³/mol. The average molecular weight is 410 g/mol. The van der Waals surface area contributed by atoms with Gasteiger partial charge in [-0.3, -0.25) is 14.6 Å². The normalized spacial score (nSPS) is 14.7. The highest BCUT2D eigenvalue weighted by Gasteiger charge is 2.27. The molecular weight excluding hydrogens is 388 g/mol. The summed E-state index contributed by atoms with van der Waals surface area (Å²) >= 11 is 6.09. The zero-order chi connectivity index (χ0) is 20.2. The average Bonchev–Trinajstić information content (AvgIpc) is 2.75. The third-order valence-corrected chi connectivity index (χ3v) is 5.51. The molecule has 1 aromatic heterocycles. The van der Waals surface area contributed by atoms with Crippen molar-refractivity contribution in [1.29, 1.82) is 0 Å². The van der Waals surface area contributed by atoms with Crippen LogP contribution in [0.5, 0.6) is 0 Å². The Balaban J connectivity index is 1.35. The molecule has 29 heavy (non-hydrogen) atoms. The summed E-state index contributed by atoms with van der Waals surface area (Å²) in [6.07, 6.45) is 1.71. The predicted octanol–water partition coefficient (Wildman–Crippen LogP) is 1.87. The smallest absolute Gasteiger partial charge is 0.279 e. The zero-order valence-electron chi connectivity index (χ0n) is 15.9. The van der Waals surface area contributed by atoms with E-state index in [9.17, 15) is 9.59 Å². The minimum atomic E-state index is -0.0777. The number of anilines is 1. The number of quaternary nitrogens is 1. The van der Waals surface area contributed by atoms with Crippen LogP contribution in [0.15, 0.2) is 60.8 Å². The van der Waals surface area contributed by atoms with Crippen molar-refractivity contribution in [1.82, 2.24) is 9.88 Å². The SMILES string of the molecule is O=C(C[NH+]1CCN(C(=O)c2cccc3cccnc23)CC1)Nc1ccccc1Cl. The molecule has 2 aromatic carbocycles. The van der Waals surface area contributed by atoms with Gasteiger partial charge in [-0.05, 0) is 24.3 Å². The number of nitrogens with zero attached hydrogens (tertiary/aromatic N) is 2. The van der Waals surface area contributed by atoms with Crippen LogP contribution in [0.3, 0.4) is 0 Å². The van der Waals surface area contributed by atoms with Gasteiger partial charge in [0.2, 0.25) is 0 Å². The van der Waals surface area contributed by atoms with Gasteiger partial charge >= 0.3 is 0 Å². The van der Waals surface area contributed by atoms with Gasteiger partial charge in [0.05, 0.1) is 48.0 Å². The largest absolute Gasteiger partial charge is 0.327 e. The number of fused-ring (bicyclic) bond motifs is 1. The second-order valence-electron chi connectivity index (χ2n) is 7.13. The number of para-hydroxylation sites is 2. The van der Waals surface area contributed by atoms with Gasteiger partial charge in [0.25, 0.3) is 11.8 Å². The van der Waals surface area contributed by atoms with E-state index in [-0.39, 0.29) is 11.8 Å². The number of benzene rings is 2. The van der Waals surface area contributed by atoms with Crippen LogP contribution < -0.4 is 10.2 Å². The highest BCUT2D eigenvalue weighted by Crippen LogP contribution is 2.20. The van der Waals surface area contributed by atoms with Crippen LogP contribution in [0, 0.1) is 0 Å². The van der Waals surface area contributed by atoms with Crippen molar-refractivity contribution in [2.24, 2.45) is 0 Å². The monoisotopic (exact) mass is 409 g/mol. The molecular formula is C22H22ClN4O2+. The quantitative estimate of drug-likeness (QED) is 0.691. The summed E-state index contributed by atoms with van der Waals surface area (Å²) in [5.41, 5.74) is 1.98. The van der Waals surface area contributed by atoms with E-state index in [4.69, 9.17) is 11.6 Å². The molecule has 3 aromatic rings. The minimum Gasteiger partial charge on any atom is -0.327 e. The maximum Gasteiger partial charge on any atom is 0.279 e. The first kappa shape index (κ1) is 19.4. The Morgan fingerprint density at radius 2 is 1.79 bits per heavy atom. The summed E-state index contributed by atoms with van der Waals surface area (Å²) in [5.74, 6) is -0.0833. The third-order valence-electron chi connectivity index (χ3n) is 5.18. The number of aromatic nitrogens is 1. The van der Waals surface area contributed by atoms with Gasteiger partial charge in [0, 0.05) is 11.6 Å². The molecule has 4 rings (SSSR count). The molecule has 6 nitrogen and oxygen atoms in total. The third kappa shape index (κ3) is 4.39. The Bertz CT molecular complexity index is 1040. The molecule has 148 valence electrons. The Morgan fingerprint density at radius 1 is 1.03 bits per heavy atom. The Kier molecular flexibility index (Phi) is 5.74. The van der Waals surface area contributed by atoms with Gasteiger partial charge < -0.3 is 15.1 Å². The molecule has 0 spiro atoms. The Hall–Kier alpha value is -2.96. The number of amides is 2. The fraction of sp³-hybridized carbons (Fsp3) is 0.227. The number of hydrogen-bond donors (Lipinski definition) is 2. The molecule has 0 radical (unpaired) electrons. The van der Waals surface area contributed by atoms with Gasteiger partial charge in [-0.15, -0.1) is 0 Å². The standard InChI is InChI=1S/C22H21ClN4O2/c23-18-8-1-2-9-19(18)25-20(28)15-26-11-13-27(14-12-26)22(29)17-7-3-5-16-6-4-10-24-21(16)17/h1-10H,11-15H2,(H,25,28)/p+1. The van der Waals surface area contributed by atoms with Crippen LogP contribution in [-0.2, 0) is 4.79 Å². The topological polar surface area (TPSA) is 66.7 Å². The van der Waals surface area contributed by atoms with Crippen molar-refractivity contribution < 1.29 is 14.5 Å². The van der Waals surface area contributed by atoms with Gasteiger partial charge in [0.1, 0.15) is 0 Å². The molecule has 1 aliphatic heterocycles. The number of halogens is 1. The lowest BCUT2D eigenvalue weighted by Gasteiger charge is -2.32. The molecule has 0 bridgehead atoms. The van der Waals surface area contributed by atoms with Crippen LogP contribution in [0.2, 0.25) is 5.02 Å². The maximum atomic E-state index is 13.0. The van der Waals surface area contributed by atoms with Gasteiger partial charge in [0.15, 0.2) is 6.54 Å². The Morgan fingerprint density at radius 3 is 2.59 bits per heavy atom. The highest BCUT2D eigenvalue weighted by molar-refractivity contribution is 6.33. The molecule has 2 N–H and O–H groups in total. The van der Waals surface area contributed by atoms with E-state index >= 15 is 0 Å². The van der Waals surface area contributed by atoms with E-state index in [0.29, 0.717) is 35.9 Å². The van der Waals surface area contributed by atoms with E-state index in [0.717, 1.165) is 28.9 Å². The van der Waals surface area contributed by atoms with Crippen molar-refractivity contribution in [3.8, 4) is 0 Å². The molecule has 7 heteroatoms. The maximum absolute atomic E-state index is 13.0. The molecule has 1 saturated heterocycles. The first-order valence-corrected chi connectivity index (χ1v) is 10.0. The van der Waals surface area contributed by atoms with E-state index < -0.39 is 0 Å². The van der Waals surface area contributed by atoms with Crippen molar-refractivity contribution in [2.75, 3.05) is 38.0 Å². The van der Waals surface area contributed by atoms with Crippen molar-refractivity contribution in [3.63, 3.8) is 0 Å². The molecule has 2 heterocycles. The highest BCUT2D eigenvalue weighted by atomic mass is 35.5. The van der Waals surface area contributed by atoms with Crippen molar-refractivity contribution in [3.05, 3.63) is 71.4 Å². The van der Waals surface area contributed by atoms with Crippen LogP contribution in [0.1, 0.15) is 10.4 Å². The fourth-order valence-corrected chi connectivity index (χ4v) is 3.82. The molecule has 1 aliphatic rings. The fourth-order valence-electron chi connectivity index (χ4n) is 3.63. The molecule has 0 aliphatic carbocycles. The summed E-state index contributed by atoms with van der Waals surface area (Å²) in [6, 6.07) is 16.7. The number of rotatable bonds is 4. The molecule has 1 fully saturated rings. The van der Waals surface area contributed by atoms with Gasteiger partial charge in [-0.1, -0.05) is 41.9 Å². The van der Waals surface area contributed by atoms with Crippen molar-refractivity contribution >= 4 is 40.0 Å². The van der Waals surface area contributed by atoms with Crippen LogP contribution >= 0.6 is 11.6 Å². The summed E-state index contributed by atoms with van der Waals surface area (Å²) in [4.78, 5) is 32.7. The summed E-state index contributed by atoms with van der Waals surface area (Å²) in [5, 5.41) is 4.34. The van der Waals surface area contributed by atoms with Crippen LogP contribution in [0.4, 0.5) is 5.69 Å². The zero-order valence-corrected chi connectivity index (χ0v) is 16.7. The second-order valence-corrected chi connectivity index (χ2v) is 7.53. The first-order valence-electron chi connectivity index (χ1n) is 9.63. The number of carbonyl (C=O) groups is 2. The van der Waals surface area contributed by atoms with E-state index in [2.05, 4.69) is 10.3 Å². The van der Waals surface area contributed by atoms with E-state index in [1.165, 1.54) is 0 Å². The number of piperazine rings is 1. The Labute approximate surface area is 174 Å². The molecule has 0 unspecified atom stereocenters. The summed E-state index contributed by atoms with van der Waals surface area (Å²) in [7, 11) is 0. The molecule has 0 atom stereocenters. The number of carbonyl (C=O) groups excluding carboxylic acids is 2. The first-order chi connectivity index (χ1) is 14.1. The van der Waals surface area contributed by atoms with Crippen molar-refractivity contribution in [2.45, 2.75) is 0 Å². The lowest BCUT2D eigenvalue weighted by atomic mass is 10.1. The van der Waals surface area contributed by atoms with Gasteiger partial charge in [-0.2, -0.15) is 0 Å². The molecule has 0 saturated carbocycles. The number of hydrogen-bond acceptors (Lipinski definition) is 3. The summed E-state index contributed by atoms with van der Waals surface area (Å²) in [6.45, 7) is 3.01. The second kappa shape index (κ2) is 8.59. The van der Waals surface area contributed by atoms with Crippen LogP contribution in [-0.4, -0.2) is 54.4 Å². The summed E-state index contributed by atoms with van der Waals surface area (Å²) < 4.78 is 0.